The van der Waals surface area contributed by atoms with Crippen LogP contribution in [0.5, 0.6) is 0 Å². The Labute approximate surface area is 274 Å². The maximum absolute atomic E-state index is 14.5. The number of hydrogen-bond acceptors (Lipinski definition) is 6. The van der Waals surface area contributed by atoms with Gasteiger partial charge in [0, 0.05) is 27.1 Å². The van der Waals surface area contributed by atoms with Crippen molar-refractivity contribution < 1.29 is 9.59 Å². The Morgan fingerprint density at radius 1 is 1.11 bits per heavy atom. The second kappa shape index (κ2) is 13.8. The van der Waals surface area contributed by atoms with E-state index in [0.29, 0.717) is 41.0 Å². The lowest BCUT2D eigenvalue weighted by molar-refractivity contribution is -0.134. The molecule has 0 radical (unpaired) electrons. The fourth-order valence-electron chi connectivity index (χ4n) is 7.21. The number of carbonyl (C=O) groups excluding carboxylic acids is 2. The largest absolute Gasteiger partial charge is 0.384 e. The van der Waals surface area contributed by atoms with E-state index >= 15 is 0 Å². The zero-order chi connectivity index (χ0) is 32.3. The van der Waals surface area contributed by atoms with Crippen molar-refractivity contribution in [2.45, 2.75) is 70.5 Å². The van der Waals surface area contributed by atoms with Crippen molar-refractivity contribution in [2.75, 3.05) is 6.54 Å². The lowest BCUT2D eigenvalue weighted by Crippen LogP contribution is -2.52. The summed E-state index contributed by atoms with van der Waals surface area (Å²) in [7, 11) is 0. The summed E-state index contributed by atoms with van der Waals surface area (Å²) in [4.78, 5) is 34.5. The molecule has 1 aliphatic heterocycles. The van der Waals surface area contributed by atoms with Gasteiger partial charge >= 0.3 is 0 Å². The number of halogens is 2. The topological polar surface area (TPSA) is 138 Å². The smallest absolute Gasteiger partial charge is 0.275 e. The van der Waals surface area contributed by atoms with Crippen molar-refractivity contribution in [3.8, 4) is 0 Å². The summed E-state index contributed by atoms with van der Waals surface area (Å²) in [5, 5.41) is 7.73. The summed E-state index contributed by atoms with van der Waals surface area (Å²) < 4.78 is 0. The first-order chi connectivity index (χ1) is 21.5. The van der Waals surface area contributed by atoms with Crippen LogP contribution in [0.15, 0.2) is 80.8 Å². The standard InChI is InChI=1S/C34H41Cl2N7O2/c1-4-29(23-7-11-25(12-8-23)32(44)39-19-30(37)41-42-38)43-33(45)31(40-34(43)17-20(2)13-21(3)18-34)24-9-5-22(6-10-24)26-14-27(35)16-28(36)15-26/h5-12,14,16,20-21,26,29,42H,4,13,15,17-19,38H2,1-3H3,(H2,37,41)(H,39,44). The van der Waals surface area contributed by atoms with Gasteiger partial charge in [-0.05, 0) is 73.3 Å². The highest BCUT2D eigenvalue weighted by atomic mass is 35.5. The van der Waals surface area contributed by atoms with Crippen LogP contribution < -0.4 is 22.4 Å². The van der Waals surface area contributed by atoms with E-state index in [1.807, 2.05) is 47.4 Å². The van der Waals surface area contributed by atoms with Crippen LogP contribution in [0.1, 0.15) is 91.9 Å². The Bertz CT molecular complexity index is 1540. The van der Waals surface area contributed by atoms with Gasteiger partial charge in [0.2, 0.25) is 0 Å². The second-order valence-corrected chi connectivity index (χ2v) is 13.4. The highest BCUT2D eigenvalue weighted by molar-refractivity contribution is 6.46. The molecular weight excluding hydrogens is 609 g/mol. The molecule has 1 spiro atoms. The molecule has 0 aromatic heterocycles. The number of aliphatic imine (C=N–C) groups is 1. The van der Waals surface area contributed by atoms with Crippen LogP contribution >= 0.6 is 23.2 Å². The predicted octanol–water partition coefficient (Wildman–Crippen LogP) is 5.82. The molecule has 238 valence electrons. The van der Waals surface area contributed by atoms with Crippen molar-refractivity contribution in [1.82, 2.24) is 15.8 Å². The van der Waals surface area contributed by atoms with Crippen molar-refractivity contribution in [3.63, 3.8) is 0 Å². The van der Waals surface area contributed by atoms with Gasteiger partial charge in [-0.3, -0.25) is 14.6 Å². The summed E-state index contributed by atoms with van der Waals surface area (Å²) >= 11 is 12.6. The van der Waals surface area contributed by atoms with Gasteiger partial charge in [-0.15, -0.1) is 0 Å². The average Bonchev–Trinajstić information content (AvgIpc) is 3.26. The number of allylic oxidation sites excluding steroid dienone is 4. The number of hydrazine groups is 1. The Kier molecular flexibility index (Phi) is 10.0. The van der Waals surface area contributed by atoms with Crippen molar-refractivity contribution in [3.05, 3.63) is 93.0 Å². The van der Waals surface area contributed by atoms with Crippen LogP contribution in [0, 0.1) is 11.8 Å². The van der Waals surface area contributed by atoms with Gasteiger partial charge in [0.25, 0.3) is 11.8 Å². The fraction of sp³-hybridized carbons (Fsp3) is 0.412. The molecule has 3 aliphatic rings. The third-order valence-corrected chi connectivity index (χ3v) is 9.42. The molecule has 0 bridgehead atoms. The van der Waals surface area contributed by atoms with E-state index in [1.54, 1.807) is 18.2 Å². The third kappa shape index (κ3) is 7.11. The van der Waals surface area contributed by atoms with Crippen molar-refractivity contribution >= 4 is 46.6 Å². The zero-order valence-electron chi connectivity index (χ0n) is 25.9. The molecule has 45 heavy (non-hydrogen) atoms. The monoisotopic (exact) mass is 649 g/mol. The molecule has 6 N–H and O–H groups in total. The first-order valence-electron chi connectivity index (χ1n) is 15.5. The van der Waals surface area contributed by atoms with E-state index in [0.717, 1.165) is 41.0 Å². The number of hydrogen-bond donors (Lipinski definition) is 4. The molecule has 2 amide bonds. The molecular formula is C34H41Cl2N7O2. The molecule has 0 saturated heterocycles. The predicted molar refractivity (Wildman–Crippen MR) is 181 cm³/mol. The van der Waals surface area contributed by atoms with Gasteiger partial charge in [-0.1, -0.05) is 86.4 Å². The minimum absolute atomic E-state index is 0.0561. The highest BCUT2D eigenvalue weighted by Crippen LogP contribution is 2.48. The highest BCUT2D eigenvalue weighted by Gasteiger charge is 2.52. The Morgan fingerprint density at radius 3 is 2.38 bits per heavy atom. The summed E-state index contributed by atoms with van der Waals surface area (Å²) in [6, 6.07) is 15.2. The number of rotatable bonds is 9. The second-order valence-electron chi connectivity index (χ2n) is 12.5. The molecule has 9 nitrogen and oxygen atoms in total. The lowest BCUT2D eigenvalue weighted by Gasteiger charge is -2.47. The number of carbonyl (C=O) groups is 2. The third-order valence-electron chi connectivity index (χ3n) is 8.92. The van der Waals surface area contributed by atoms with E-state index in [9.17, 15) is 9.59 Å². The van der Waals surface area contributed by atoms with Crippen LogP contribution in [0.2, 0.25) is 0 Å². The number of nitrogens with one attached hydrogen (secondary N) is 2. The van der Waals surface area contributed by atoms with Crippen LogP contribution in [-0.2, 0) is 4.79 Å². The van der Waals surface area contributed by atoms with E-state index < -0.39 is 5.66 Å². The zero-order valence-corrected chi connectivity index (χ0v) is 27.4. The molecule has 1 fully saturated rings. The van der Waals surface area contributed by atoms with E-state index in [-0.39, 0.29) is 36.2 Å². The van der Waals surface area contributed by atoms with Gasteiger partial charge < -0.3 is 16.0 Å². The summed E-state index contributed by atoms with van der Waals surface area (Å²) in [6.45, 7) is 6.64. The normalized spacial score (nSPS) is 25.9. The molecule has 4 unspecified atom stereocenters. The molecule has 2 aromatic carbocycles. The van der Waals surface area contributed by atoms with E-state index in [4.69, 9.17) is 39.8 Å². The maximum atomic E-state index is 14.5. The van der Waals surface area contributed by atoms with Crippen LogP contribution in [0.4, 0.5) is 0 Å². The number of nitrogens with zero attached hydrogens (tertiary/aromatic N) is 3. The molecule has 1 saturated carbocycles. The van der Waals surface area contributed by atoms with Crippen molar-refractivity contribution in [1.29, 1.82) is 0 Å². The summed E-state index contributed by atoms with van der Waals surface area (Å²) in [5.41, 5.74) is 11.0. The van der Waals surface area contributed by atoms with Gasteiger partial charge in [-0.2, -0.15) is 5.10 Å². The first kappa shape index (κ1) is 32.7. The summed E-state index contributed by atoms with van der Waals surface area (Å²) in [6.07, 6.45) is 7.89. The minimum Gasteiger partial charge on any atom is -0.384 e. The van der Waals surface area contributed by atoms with Crippen LogP contribution in [-0.4, -0.2) is 40.5 Å². The fourth-order valence-corrected chi connectivity index (χ4v) is 7.84. The number of hydrazone groups is 1. The number of amides is 2. The molecule has 1 heterocycles. The first-order valence-corrected chi connectivity index (χ1v) is 16.2. The van der Waals surface area contributed by atoms with Gasteiger partial charge in [0.1, 0.15) is 17.2 Å². The van der Waals surface area contributed by atoms with Gasteiger partial charge in [0.05, 0.1) is 12.6 Å². The summed E-state index contributed by atoms with van der Waals surface area (Å²) in [5.74, 6) is 5.87. The Hall–Kier alpha value is -3.66. The van der Waals surface area contributed by atoms with Crippen molar-refractivity contribution in [2.24, 2.45) is 33.5 Å². The molecule has 11 heteroatoms. The minimum atomic E-state index is -0.634. The Balaban J connectivity index is 1.43. The van der Waals surface area contributed by atoms with E-state index in [2.05, 4.69) is 36.7 Å². The van der Waals surface area contributed by atoms with Crippen LogP contribution in [0.3, 0.4) is 0 Å². The SMILES string of the molecule is CCC(c1ccc(C(=O)NCC(N)=NNN)cc1)N1C(=O)C(c2ccc(C3C=C(Cl)C=C(Cl)C3)cc2)=NC12CC(C)CC(C)C2. The van der Waals surface area contributed by atoms with E-state index in [1.165, 1.54) is 0 Å². The maximum Gasteiger partial charge on any atom is 0.275 e. The number of amidine groups is 1. The van der Waals surface area contributed by atoms with Gasteiger partial charge in [-0.25, -0.2) is 11.4 Å². The number of nitrogens with two attached hydrogens (primary N) is 2. The quantitative estimate of drug-likeness (QED) is 0.117. The average molecular weight is 651 g/mol. The Morgan fingerprint density at radius 2 is 1.78 bits per heavy atom. The molecule has 4 atom stereocenters. The molecule has 2 aromatic rings. The van der Waals surface area contributed by atoms with Gasteiger partial charge in [0.15, 0.2) is 0 Å². The molecule has 5 rings (SSSR count). The molecule has 2 aliphatic carbocycles. The number of benzene rings is 2. The van der Waals surface area contributed by atoms with Crippen LogP contribution in [0.25, 0.3) is 0 Å². The lowest BCUT2D eigenvalue weighted by atomic mass is 9.75.